The predicted octanol–water partition coefficient (Wildman–Crippen LogP) is 7.84. The van der Waals surface area contributed by atoms with Gasteiger partial charge in [0.1, 0.15) is 6.17 Å². The van der Waals surface area contributed by atoms with Crippen LogP contribution in [0.15, 0.2) is 54.6 Å². The van der Waals surface area contributed by atoms with Gasteiger partial charge in [0, 0.05) is 25.4 Å². The van der Waals surface area contributed by atoms with Gasteiger partial charge in [0.25, 0.3) is 0 Å². The molecule has 0 N–H and O–H groups in total. The number of aryl methyl sites for hydroxylation is 1. The summed E-state index contributed by atoms with van der Waals surface area (Å²) in [6, 6.07) is 22.0. The fraction of sp³-hybridized carbons (Fsp3) is 0.552. The third kappa shape index (κ3) is 8.40. The average Bonchev–Trinajstić information content (AvgIpc) is 2.82. The Labute approximate surface area is 195 Å². The van der Waals surface area contributed by atoms with Crippen molar-refractivity contribution in [2.24, 2.45) is 0 Å². The summed E-state index contributed by atoms with van der Waals surface area (Å²) in [7, 11) is 0. The quantitative estimate of drug-likeness (QED) is 0.379. The van der Waals surface area contributed by atoms with E-state index >= 15 is 0 Å². The summed E-state index contributed by atoms with van der Waals surface area (Å²) >= 11 is 0. The number of rotatable bonds is 10. The van der Waals surface area contributed by atoms with Crippen LogP contribution in [0.5, 0.6) is 0 Å². The van der Waals surface area contributed by atoms with E-state index in [2.05, 4.69) is 73.3 Å². The lowest BCUT2D eigenvalue weighted by Crippen LogP contribution is -2.35. The van der Waals surface area contributed by atoms with Crippen molar-refractivity contribution in [3.05, 3.63) is 71.3 Å². The van der Waals surface area contributed by atoms with Gasteiger partial charge in [-0.15, -0.1) is 0 Å². The molecule has 0 heterocycles. The Bertz CT molecular complexity index is 781. The fourth-order valence-electron chi connectivity index (χ4n) is 4.87. The van der Waals surface area contributed by atoms with Crippen molar-refractivity contribution in [1.29, 1.82) is 5.26 Å². The Morgan fingerprint density at radius 2 is 1.66 bits per heavy atom. The third-order valence-corrected chi connectivity index (χ3v) is 6.58. The Morgan fingerprint density at radius 3 is 2.25 bits per heavy atom. The molecule has 174 valence electrons. The zero-order valence-electron chi connectivity index (χ0n) is 20.3. The molecule has 0 saturated heterocycles. The minimum Gasteiger partial charge on any atom is -0.296 e. The van der Waals surface area contributed by atoms with Gasteiger partial charge in [0.15, 0.2) is 0 Å². The standard InChI is InChI=1S/C27H38FN.C2H3N/c1-3-20-29(21-23-10-6-5-7-11-23)25(4-2)19-16-22-14-17-24(18-15-22)26-12-8-9-13-27(26)28;1-2-3/h5-7,10-11,14-15,17-18,25-27H,3-4,8-9,12-13,16,19-21H2,1-2H3;1H3. The Kier molecular flexibility index (Phi) is 12.1. The van der Waals surface area contributed by atoms with E-state index < -0.39 is 6.17 Å². The largest absolute Gasteiger partial charge is 0.296 e. The highest BCUT2D eigenvalue weighted by atomic mass is 19.1. The van der Waals surface area contributed by atoms with E-state index in [-0.39, 0.29) is 5.92 Å². The lowest BCUT2D eigenvalue weighted by molar-refractivity contribution is 0.173. The van der Waals surface area contributed by atoms with E-state index in [9.17, 15) is 4.39 Å². The first-order chi connectivity index (χ1) is 15.6. The van der Waals surface area contributed by atoms with Gasteiger partial charge in [0.2, 0.25) is 0 Å². The van der Waals surface area contributed by atoms with Crippen LogP contribution in [0.1, 0.15) is 88.3 Å². The Morgan fingerprint density at radius 1 is 1.00 bits per heavy atom. The summed E-state index contributed by atoms with van der Waals surface area (Å²) in [5, 5.41) is 7.32. The predicted molar refractivity (Wildman–Crippen MR) is 133 cm³/mol. The molecule has 1 saturated carbocycles. The molecule has 0 aromatic heterocycles. The van der Waals surface area contributed by atoms with Crippen molar-refractivity contribution in [2.45, 2.75) is 96.8 Å². The number of nitrogens with zero attached hydrogens (tertiary/aromatic N) is 2. The lowest BCUT2D eigenvalue weighted by Gasteiger charge is -2.31. The van der Waals surface area contributed by atoms with Gasteiger partial charge in [-0.25, -0.2) is 4.39 Å². The molecule has 0 bridgehead atoms. The second-order valence-electron chi connectivity index (χ2n) is 8.93. The van der Waals surface area contributed by atoms with Gasteiger partial charge in [-0.2, -0.15) is 5.26 Å². The van der Waals surface area contributed by atoms with Crippen LogP contribution in [0.3, 0.4) is 0 Å². The zero-order valence-corrected chi connectivity index (χ0v) is 20.3. The molecule has 1 aliphatic rings. The van der Waals surface area contributed by atoms with E-state index in [0.717, 1.165) is 38.8 Å². The van der Waals surface area contributed by atoms with Crippen molar-refractivity contribution in [3.63, 3.8) is 0 Å². The van der Waals surface area contributed by atoms with Gasteiger partial charge in [-0.05, 0) is 61.8 Å². The van der Waals surface area contributed by atoms with Gasteiger partial charge >= 0.3 is 0 Å². The number of hydrogen-bond acceptors (Lipinski definition) is 2. The van der Waals surface area contributed by atoms with Gasteiger partial charge < -0.3 is 0 Å². The van der Waals surface area contributed by atoms with Crippen molar-refractivity contribution in [2.75, 3.05) is 6.54 Å². The van der Waals surface area contributed by atoms with Crippen molar-refractivity contribution < 1.29 is 4.39 Å². The van der Waals surface area contributed by atoms with Crippen LogP contribution >= 0.6 is 0 Å². The number of benzene rings is 2. The SMILES string of the molecule is CC#N.CCCN(Cc1ccccc1)C(CC)CCc1ccc(C2CCCCC2F)cc1. The minimum absolute atomic E-state index is 0.118. The molecule has 0 spiro atoms. The van der Waals surface area contributed by atoms with Crippen molar-refractivity contribution >= 4 is 0 Å². The van der Waals surface area contributed by atoms with Crippen LogP contribution in [-0.2, 0) is 13.0 Å². The summed E-state index contributed by atoms with van der Waals surface area (Å²) in [5.41, 5.74) is 3.98. The zero-order chi connectivity index (χ0) is 23.2. The summed E-state index contributed by atoms with van der Waals surface area (Å²) in [6.45, 7) is 8.19. The van der Waals surface area contributed by atoms with Crippen LogP contribution in [-0.4, -0.2) is 23.7 Å². The normalized spacial score (nSPS) is 19.0. The van der Waals surface area contributed by atoms with Crippen LogP contribution < -0.4 is 0 Å². The number of halogens is 1. The van der Waals surface area contributed by atoms with Crippen LogP contribution in [0.25, 0.3) is 0 Å². The highest BCUT2D eigenvalue weighted by molar-refractivity contribution is 5.27. The number of alkyl halides is 1. The molecule has 2 nitrogen and oxygen atoms in total. The fourth-order valence-corrected chi connectivity index (χ4v) is 4.87. The van der Waals surface area contributed by atoms with Crippen LogP contribution in [0.2, 0.25) is 0 Å². The second-order valence-corrected chi connectivity index (χ2v) is 8.93. The summed E-state index contributed by atoms with van der Waals surface area (Å²) in [5.74, 6) is 0.118. The lowest BCUT2D eigenvalue weighted by atomic mass is 9.82. The molecule has 3 heteroatoms. The topological polar surface area (TPSA) is 27.0 Å². The third-order valence-electron chi connectivity index (χ3n) is 6.58. The molecule has 0 radical (unpaired) electrons. The average molecular weight is 437 g/mol. The van der Waals surface area contributed by atoms with Crippen LogP contribution in [0, 0.1) is 11.3 Å². The van der Waals surface area contributed by atoms with E-state index in [1.165, 1.54) is 49.3 Å². The molecule has 3 unspecified atom stereocenters. The maximum absolute atomic E-state index is 14.3. The highest BCUT2D eigenvalue weighted by Gasteiger charge is 2.26. The van der Waals surface area contributed by atoms with E-state index in [4.69, 9.17) is 5.26 Å². The molecule has 1 fully saturated rings. The van der Waals surface area contributed by atoms with E-state index in [1.807, 2.05) is 0 Å². The molecular weight excluding hydrogens is 395 g/mol. The Hall–Kier alpha value is -2.18. The molecule has 0 amide bonds. The molecule has 1 aliphatic carbocycles. The van der Waals surface area contributed by atoms with Gasteiger partial charge in [0.05, 0.1) is 6.07 Å². The van der Waals surface area contributed by atoms with Gasteiger partial charge in [-0.3, -0.25) is 4.90 Å². The molecule has 0 aliphatic heterocycles. The maximum Gasteiger partial charge on any atom is 0.107 e. The first kappa shape index (κ1) is 26.1. The summed E-state index contributed by atoms with van der Waals surface area (Å²) in [6.07, 6.45) is 7.93. The van der Waals surface area contributed by atoms with Crippen molar-refractivity contribution in [3.8, 4) is 6.07 Å². The van der Waals surface area contributed by atoms with Gasteiger partial charge in [-0.1, -0.05) is 81.3 Å². The van der Waals surface area contributed by atoms with E-state index in [0.29, 0.717) is 6.04 Å². The van der Waals surface area contributed by atoms with Crippen LogP contribution in [0.4, 0.5) is 4.39 Å². The monoisotopic (exact) mass is 436 g/mol. The summed E-state index contributed by atoms with van der Waals surface area (Å²) in [4.78, 5) is 2.65. The first-order valence-corrected chi connectivity index (χ1v) is 12.4. The molecule has 2 aromatic carbocycles. The molecular formula is C29H41FN2. The number of nitriles is 1. The molecule has 2 aromatic rings. The van der Waals surface area contributed by atoms with Crippen molar-refractivity contribution in [1.82, 2.24) is 4.90 Å². The summed E-state index contributed by atoms with van der Waals surface area (Å²) < 4.78 is 14.3. The minimum atomic E-state index is -0.653. The number of hydrogen-bond donors (Lipinski definition) is 0. The second kappa shape index (κ2) is 14.8. The highest BCUT2D eigenvalue weighted by Crippen LogP contribution is 2.35. The van der Waals surface area contributed by atoms with E-state index in [1.54, 1.807) is 6.07 Å². The molecule has 3 rings (SSSR count). The maximum atomic E-state index is 14.3. The molecule has 3 atom stereocenters. The smallest absolute Gasteiger partial charge is 0.107 e. The molecule has 32 heavy (non-hydrogen) atoms. The first-order valence-electron chi connectivity index (χ1n) is 12.4. The Balaban J connectivity index is 0.00000114.